The van der Waals surface area contributed by atoms with E-state index in [1.54, 1.807) is 0 Å². The van der Waals surface area contributed by atoms with Crippen molar-refractivity contribution in [1.82, 2.24) is 20.0 Å². The minimum Gasteiger partial charge on any atom is -0.342 e. The lowest BCUT2D eigenvalue weighted by Gasteiger charge is -2.29. The Morgan fingerprint density at radius 2 is 2.18 bits per heavy atom. The second-order valence-corrected chi connectivity index (χ2v) is 7.04. The average Bonchev–Trinajstić information content (AvgIpc) is 3.16. The van der Waals surface area contributed by atoms with Gasteiger partial charge in [-0.2, -0.15) is 5.10 Å². The Morgan fingerprint density at radius 1 is 1.41 bits per heavy atom. The maximum atomic E-state index is 12.6. The molecule has 0 radical (unpaired) electrons. The Kier molecular flexibility index (Phi) is 4.81. The predicted octanol–water partition coefficient (Wildman–Crippen LogP) is 1.76. The summed E-state index contributed by atoms with van der Waals surface area (Å²) in [7, 11) is 1.95. The summed E-state index contributed by atoms with van der Waals surface area (Å²) in [6.07, 6.45) is 8.23. The molecule has 2 aliphatic rings. The Morgan fingerprint density at radius 3 is 2.86 bits per heavy atom. The van der Waals surface area contributed by atoms with Gasteiger partial charge in [-0.25, -0.2) is 0 Å². The van der Waals surface area contributed by atoms with E-state index in [0.717, 1.165) is 32.6 Å². The van der Waals surface area contributed by atoms with Gasteiger partial charge in [0.1, 0.15) is 0 Å². The summed E-state index contributed by atoms with van der Waals surface area (Å²) in [5, 5.41) is 7.65. The summed E-state index contributed by atoms with van der Waals surface area (Å²) in [4.78, 5) is 14.6. The van der Waals surface area contributed by atoms with Gasteiger partial charge >= 0.3 is 0 Å². The van der Waals surface area contributed by atoms with E-state index < -0.39 is 0 Å². The van der Waals surface area contributed by atoms with Gasteiger partial charge in [-0.15, -0.1) is 0 Å². The average molecular weight is 304 g/mol. The number of nitrogens with one attached hydrogen (secondary N) is 1. The van der Waals surface area contributed by atoms with Crippen molar-refractivity contribution >= 4 is 5.91 Å². The first-order chi connectivity index (χ1) is 10.6. The maximum Gasteiger partial charge on any atom is 0.222 e. The highest BCUT2D eigenvalue weighted by Crippen LogP contribution is 2.29. The van der Waals surface area contributed by atoms with Gasteiger partial charge < -0.3 is 10.2 Å². The number of amides is 1. The van der Waals surface area contributed by atoms with E-state index in [2.05, 4.69) is 28.4 Å². The van der Waals surface area contributed by atoms with Gasteiger partial charge in [0.25, 0.3) is 0 Å². The van der Waals surface area contributed by atoms with E-state index in [-0.39, 0.29) is 0 Å². The highest BCUT2D eigenvalue weighted by atomic mass is 16.2. The summed E-state index contributed by atoms with van der Waals surface area (Å²) >= 11 is 0. The number of rotatable bonds is 4. The fraction of sp³-hybridized carbons (Fsp3) is 0.765. The predicted molar refractivity (Wildman–Crippen MR) is 86.5 cm³/mol. The summed E-state index contributed by atoms with van der Waals surface area (Å²) in [6, 6.07) is 0. The highest BCUT2D eigenvalue weighted by molar-refractivity contribution is 5.76. The Labute approximate surface area is 133 Å². The zero-order valence-corrected chi connectivity index (χ0v) is 13.8. The van der Waals surface area contributed by atoms with Crippen LogP contribution in [0.1, 0.15) is 44.1 Å². The lowest BCUT2D eigenvalue weighted by molar-refractivity contribution is -0.131. The molecule has 5 nitrogen and oxygen atoms in total. The van der Waals surface area contributed by atoms with Crippen LogP contribution < -0.4 is 5.32 Å². The van der Waals surface area contributed by atoms with Crippen LogP contribution in [0.15, 0.2) is 12.4 Å². The van der Waals surface area contributed by atoms with Gasteiger partial charge in [0, 0.05) is 38.7 Å². The van der Waals surface area contributed by atoms with Gasteiger partial charge in [-0.05, 0) is 49.8 Å². The number of nitrogens with zero attached hydrogens (tertiary/aromatic N) is 3. The molecule has 5 heteroatoms. The van der Waals surface area contributed by atoms with Gasteiger partial charge in [0.15, 0.2) is 0 Å². The van der Waals surface area contributed by atoms with Crippen LogP contribution in [0.5, 0.6) is 0 Å². The van der Waals surface area contributed by atoms with Gasteiger partial charge in [-0.3, -0.25) is 9.48 Å². The molecular formula is C17H28N4O. The lowest BCUT2D eigenvalue weighted by atomic mass is 9.84. The first-order valence-corrected chi connectivity index (χ1v) is 8.60. The molecule has 22 heavy (non-hydrogen) atoms. The van der Waals surface area contributed by atoms with Crippen LogP contribution in [-0.2, 0) is 11.8 Å². The lowest BCUT2D eigenvalue weighted by Crippen LogP contribution is -2.34. The second kappa shape index (κ2) is 6.82. The summed E-state index contributed by atoms with van der Waals surface area (Å²) in [6.45, 7) is 6.23. The minimum absolute atomic E-state index is 0.345. The first kappa shape index (κ1) is 15.5. The van der Waals surface area contributed by atoms with Crippen molar-refractivity contribution in [2.75, 3.05) is 26.2 Å². The minimum atomic E-state index is 0.345. The number of aryl methyl sites for hydroxylation is 1. The van der Waals surface area contributed by atoms with E-state index in [1.165, 1.54) is 18.4 Å². The number of hydrogen-bond donors (Lipinski definition) is 1. The number of carbonyl (C=O) groups excluding carboxylic acids is 1. The molecule has 0 bridgehead atoms. The van der Waals surface area contributed by atoms with Crippen molar-refractivity contribution in [3.63, 3.8) is 0 Å². The molecule has 2 atom stereocenters. The highest BCUT2D eigenvalue weighted by Gasteiger charge is 2.30. The molecule has 0 aromatic carbocycles. The quantitative estimate of drug-likeness (QED) is 0.922. The smallest absolute Gasteiger partial charge is 0.222 e. The molecule has 1 N–H and O–H groups in total. The summed E-state index contributed by atoms with van der Waals surface area (Å²) < 4.78 is 1.85. The normalized spacial score (nSPS) is 24.6. The molecule has 0 saturated carbocycles. The van der Waals surface area contributed by atoms with E-state index >= 15 is 0 Å². The zero-order valence-electron chi connectivity index (χ0n) is 13.8. The van der Waals surface area contributed by atoms with Crippen molar-refractivity contribution in [2.24, 2.45) is 18.9 Å². The zero-order chi connectivity index (χ0) is 15.5. The van der Waals surface area contributed by atoms with Crippen molar-refractivity contribution in [3.05, 3.63) is 18.0 Å². The number of aromatic nitrogens is 2. The number of likely N-dealkylation sites (tertiary alicyclic amines) is 1. The Bertz CT molecular complexity index is 507. The first-order valence-electron chi connectivity index (χ1n) is 8.60. The Balaban J connectivity index is 1.50. The third-order valence-corrected chi connectivity index (χ3v) is 5.42. The fourth-order valence-corrected chi connectivity index (χ4v) is 3.89. The molecule has 2 unspecified atom stereocenters. The van der Waals surface area contributed by atoms with Crippen LogP contribution in [0.2, 0.25) is 0 Å². The molecule has 2 aliphatic heterocycles. The van der Waals surface area contributed by atoms with Crippen molar-refractivity contribution < 1.29 is 4.79 Å². The van der Waals surface area contributed by atoms with Crippen molar-refractivity contribution in [2.45, 2.75) is 38.5 Å². The van der Waals surface area contributed by atoms with Gasteiger partial charge in [0.2, 0.25) is 5.91 Å². The van der Waals surface area contributed by atoms with E-state index in [1.807, 2.05) is 17.9 Å². The van der Waals surface area contributed by atoms with Crippen LogP contribution in [0.4, 0.5) is 0 Å². The standard InChI is InChI=1S/C17H28N4O/c1-13(14-3-6-18-7-4-14)9-17(22)21-8-5-15(12-21)16-10-19-20(2)11-16/h10-11,13-15,18H,3-9,12H2,1-2H3. The van der Waals surface area contributed by atoms with Crippen LogP contribution in [0.25, 0.3) is 0 Å². The maximum absolute atomic E-state index is 12.6. The monoisotopic (exact) mass is 304 g/mol. The Hall–Kier alpha value is -1.36. The van der Waals surface area contributed by atoms with Crippen LogP contribution >= 0.6 is 0 Å². The van der Waals surface area contributed by atoms with Crippen molar-refractivity contribution in [3.8, 4) is 0 Å². The number of carbonyl (C=O) groups is 1. The molecule has 3 rings (SSSR count). The second-order valence-electron chi connectivity index (χ2n) is 7.04. The summed E-state index contributed by atoms with van der Waals surface area (Å²) in [5.41, 5.74) is 1.27. The molecule has 122 valence electrons. The molecular weight excluding hydrogens is 276 g/mol. The SMILES string of the molecule is CC(CC(=O)N1CCC(c2cnn(C)c2)C1)C1CCNCC1. The summed E-state index contributed by atoms with van der Waals surface area (Å²) in [5.74, 6) is 2.03. The molecule has 3 heterocycles. The van der Waals surface area contributed by atoms with Gasteiger partial charge in [-0.1, -0.05) is 6.92 Å². The molecule has 1 aromatic heterocycles. The fourth-order valence-electron chi connectivity index (χ4n) is 3.89. The van der Waals surface area contributed by atoms with E-state index in [4.69, 9.17) is 0 Å². The largest absolute Gasteiger partial charge is 0.342 e. The van der Waals surface area contributed by atoms with Crippen LogP contribution in [-0.4, -0.2) is 46.8 Å². The molecule has 1 aromatic rings. The number of piperidine rings is 1. The molecule has 2 saturated heterocycles. The molecule has 1 amide bonds. The van der Waals surface area contributed by atoms with Crippen LogP contribution in [0.3, 0.4) is 0 Å². The van der Waals surface area contributed by atoms with E-state index in [0.29, 0.717) is 30.1 Å². The molecule has 0 spiro atoms. The molecule has 2 fully saturated rings. The number of hydrogen-bond acceptors (Lipinski definition) is 3. The van der Waals surface area contributed by atoms with E-state index in [9.17, 15) is 4.79 Å². The van der Waals surface area contributed by atoms with Crippen LogP contribution in [0, 0.1) is 11.8 Å². The topological polar surface area (TPSA) is 50.2 Å². The molecule has 0 aliphatic carbocycles. The third-order valence-electron chi connectivity index (χ3n) is 5.42. The third kappa shape index (κ3) is 3.51. The van der Waals surface area contributed by atoms with Crippen molar-refractivity contribution in [1.29, 1.82) is 0 Å². The van der Waals surface area contributed by atoms with Gasteiger partial charge in [0.05, 0.1) is 6.20 Å².